The fraction of sp³-hybridized carbons (Fsp3) is 0.300. The lowest BCUT2D eigenvalue weighted by molar-refractivity contribution is 0.0992. The lowest BCUT2D eigenvalue weighted by Crippen LogP contribution is -2.11. The molecule has 0 amide bonds. The molecule has 1 N–H and O–H groups in total. The van der Waals surface area contributed by atoms with Gasteiger partial charge in [0, 0.05) is 5.56 Å². The monoisotopic (exact) mass is 232 g/mol. The summed E-state index contributed by atoms with van der Waals surface area (Å²) in [6.07, 6.45) is 0. The van der Waals surface area contributed by atoms with Crippen LogP contribution in [-0.2, 0) is 6.61 Å². The minimum Gasteiger partial charge on any atom is -0.392 e. The minimum absolute atomic E-state index is 0.0926. The molecule has 0 heterocycles. The van der Waals surface area contributed by atoms with Crippen molar-refractivity contribution in [3.63, 3.8) is 0 Å². The van der Waals surface area contributed by atoms with Crippen LogP contribution in [0.25, 0.3) is 0 Å². The Morgan fingerprint density at radius 2 is 2.21 bits per heavy atom. The highest BCUT2D eigenvalue weighted by Gasteiger charge is 2.15. The summed E-state index contributed by atoms with van der Waals surface area (Å²) < 4.78 is 0. The molecule has 1 rings (SSSR count). The minimum atomic E-state index is -0.590. The number of alkyl halides is 1. The fourth-order valence-corrected chi connectivity index (χ4v) is 1.48. The molecule has 76 valence electrons. The predicted molar refractivity (Wildman–Crippen MR) is 57.0 cm³/mol. The van der Waals surface area contributed by atoms with Crippen molar-refractivity contribution >= 4 is 29.0 Å². The molecular weight excluding hydrogens is 223 g/mol. The van der Waals surface area contributed by atoms with E-state index in [-0.39, 0.29) is 12.4 Å². The maximum absolute atomic E-state index is 11.5. The van der Waals surface area contributed by atoms with E-state index in [2.05, 4.69) is 0 Å². The second kappa shape index (κ2) is 4.78. The number of benzene rings is 1. The van der Waals surface area contributed by atoms with Crippen molar-refractivity contribution in [1.29, 1.82) is 0 Å². The number of aliphatic hydroxyl groups is 1. The van der Waals surface area contributed by atoms with E-state index in [4.69, 9.17) is 28.3 Å². The Morgan fingerprint density at radius 3 is 2.64 bits per heavy atom. The van der Waals surface area contributed by atoms with Gasteiger partial charge in [-0.1, -0.05) is 17.7 Å². The van der Waals surface area contributed by atoms with E-state index < -0.39 is 5.38 Å². The van der Waals surface area contributed by atoms with Crippen LogP contribution in [0.1, 0.15) is 22.8 Å². The molecule has 0 fully saturated rings. The molecule has 0 aromatic heterocycles. The second-order valence-corrected chi connectivity index (χ2v) is 4.01. The molecule has 1 aromatic carbocycles. The third kappa shape index (κ3) is 2.47. The van der Waals surface area contributed by atoms with Gasteiger partial charge in [0.2, 0.25) is 0 Å². The number of carbonyl (C=O) groups excluding carboxylic acids is 1. The number of Topliss-reactive ketones (excluding diaryl/α,β-unsaturated/α-hetero) is 1. The molecule has 0 aliphatic carbocycles. The lowest BCUT2D eigenvalue weighted by atomic mass is 10.1. The zero-order valence-electron chi connectivity index (χ0n) is 7.63. The molecule has 0 saturated heterocycles. The van der Waals surface area contributed by atoms with Crippen LogP contribution in [0.3, 0.4) is 0 Å². The van der Waals surface area contributed by atoms with E-state index in [0.717, 1.165) is 0 Å². The standard InChI is InChI=1S/C10H10Cl2O2/c1-6(11)10(14)8-3-2-7(5-13)4-9(8)12/h2-4,6,13H,5H2,1H3. The van der Waals surface area contributed by atoms with E-state index in [1.54, 1.807) is 25.1 Å². The molecule has 0 spiro atoms. The van der Waals surface area contributed by atoms with Gasteiger partial charge in [0.25, 0.3) is 0 Å². The molecule has 1 unspecified atom stereocenters. The van der Waals surface area contributed by atoms with Crippen molar-refractivity contribution in [3.8, 4) is 0 Å². The van der Waals surface area contributed by atoms with Gasteiger partial charge in [-0.15, -0.1) is 11.6 Å². The number of hydrogen-bond donors (Lipinski definition) is 1. The average molecular weight is 233 g/mol. The summed E-state index contributed by atoms with van der Waals surface area (Å²) in [5.74, 6) is -0.207. The van der Waals surface area contributed by atoms with Crippen LogP contribution in [0, 0.1) is 0 Å². The maximum Gasteiger partial charge on any atom is 0.181 e. The van der Waals surface area contributed by atoms with Crippen LogP contribution in [0.4, 0.5) is 0 Å². The second-order valence-electron chi connectivity index (χ2n) is 2.95. The van der Waals surface area contributed by atoms with Crippen molar-refractivity contribution < 1.29 is 9.90 Å². The Labute approximate surface area is 92.5 Å². The van der Waals surface area contributed by atoms with Gasteiger partial charge in [-0.25, -0.2) is 0 Å². The Hall–Kier alpha value is -0.570. The number of carbonyl (C=O) groups is 1. The summed E-state index contributed by atoms with van der Waals surface area (Å²) in [6, 6.07) is 4.79. The molecule has 14 heavy (non-hydrogen) atoms. The largest absolute Gasteiger partial charge is 0.392 e. The average Bonchev–Trinajstić information content (AvgIpc) is 2.16. The maximum atomic E-state index is 11.5. The van der Waals surface area contributed by atoms with E-state index in [1.807, 2.05) is 0 Å². The molecule has 2 nitrogen and oxygen atoms in total. The highest BCUT2D eigenvalue weighted by molar-refractivity contribution is 6.38. The van der Waals surface area contributed by atoms with Gasteiger partial charge < -0.3 is 5.11 Å². The first kappa shape index (κ1) is 11.5. The van der Waals surface area contributed by atoms with Gasteiger partial charge in [-0.3, -0.25) is 4.79 Å². The summed E-state index contributed by atoms with van der Waals surface area (Å²) >= 11 is 11.5. The van der Waals surface area contributed by atoms with Crippen LogP contribution in [0.15, 0.2) is 18.2 Å². The Balaban J connectivity index is 3.06. The number of halogens is 2. The zero-order chi connectivity index (χ0) is 10.7. The summed E-state index contributed by atoms with van der Waals surface area (Å²) in [6.45, 7) is 1.50. The van der Waals surface area contributed by atoms with Crippen molar-refractivity contribution in [1.82, 2.24) is 0 Å². The third-order valence-electron chi connectivity index (χ3n) is 1.84. The molecule has 0 aliphatic heterocycles. The van der Waals surface area contributed by atoms with E-state index in [0.29, 0.717) is 16.1 Å². The SMILES string of the molecule is CC(Cl)C(=O)c1ccc(CO)cc1Cl. The highest BCUT2D eigenvalue weighted by atomic mass is 35.5. The number of aliphatic hydroxyl groups excluding tert-OH is 1. The first-order valence-corrected chi connectivity index (χ1v) is 4.95. The normalized spacial score (nSPS) is 12.6. The van der Waals surface area contributed by atoms with E-state index in [1.165, 1.54) is 0 Å². The first-order valence-electron chi connectivity index (χ1n) is 4.14. The molecule has 0 aliphatic rings. The molecule has 0 bridgehead atoms. The molecule has 4 heteroatoms. The Bertz CT molecular complexity index is 348. The van der Waals surface area contributed by atoms with Crippen molar-refractivity contribution in [3.05, 3.63) is 34.3 Å². The van der Waals surface area contributed by atoms with Gasteiger partial charge in [-0.05, 0) is 24.6 Å². The smallest absolute Gasteiger partial charge is 0.181 e. The molecule has 0 radical (unpaired) electrons. The molecule has 0 saturated carbocycles. The first-order chi connectivity index (χ1) is 6.56. The Kier molecular flexibility index (Phi) is 3.93. The predicted octanol–water partition coefficient (Wildman–Crippen LogP) is 2.64. The van der Waals surface area contributed by atoms with Crippen molar-refractivity contribution in [2.45, 2.75) is 18.9 Å². The van der Waals surface area contributed by atoms with E-state index in [9.17, 15) is 4.79 Å². The fourth-order valence-electron chi connectivity index (χ4n) is 1.07. The van der Waals surface area contributed by atoms with Crippen LogP contribution >= 0.6 is 23.2 Å². The quantitative estimate of drug-likeness (QED) is 0.643. The molecular formula is C10H10Cl2O2. The van der Waals surface area contributed by atoms with Crippen LogP contribution in [-0.4, -0.2) is 16.3 Å². The third-order valence-corrected chi connectivity index (χ3v) is 2.35. The van der Waals surface area contributed by atoms with Crippen LogP contribution in [0.2, 0.25) is 5.02 Å². The van der Waals surface area contributed by atoms with Crippen molar-refractivity contribution in [2.75, 3.05) is 0 Å². The van der Waals surface area contributed by atoms with Crippen molar-refractivity contribution in [2.24, 2.45) is 0 Å². The number of ketones is 1. The Morgan fingerprint density at radius 1 is 1.57 bits per heavy atom. The molecule has 1 atom stereocenters. The number of hydrogen-bond acceptors (Lipinski definition) is 2. The molecule has 1 aromatic rings. The van der Waals surface area contributed by atoms with Gasteiger partial charge >= 0.3 is 0 Å². The van der Waals surface area contributed by atoms with Gasteiger partial charge in [0.1, 0.15) is 0 Å². The van der Waals surface area contributed by atoms with Gasteiger partial charge in [0.05, 0.1) is 17.0 Å². The summed E-state index contributed by atoms with van der Waals surface area (Å²) in [5, 5.41) is 8.57. The summed E-state index contributed by atoms with van der Waals surface area (Å²) in [5.41, 5.74) is 1.07. The van der Waals surface area contributed by atoms with Crippen LogP contribution < -0.4 is 0 Å². The topological polar surface area (TPSA) is 37.3 Å². The zero-order valence-corrected chi connectivity index (χ0v) is 9.14. The summed E-state index contributed by atoms with van der Waals surface area (Å²) in [7, 11) is 0. The van der Waals surface area contributed by atoms with Crippen LogP contribution in [0.5, 0.6) is 0 Å². The van der Waals surface area contributed by atoms with E-state index >= 15 is 0 Å². The lowest BCUT2D eigenvalue weighted by Gasteiger charge is -2.06. The number of rotatable bonds is 3. The summed E-state index contributed by atoms with van der Waals surface area (Å²) in [4.78, 5) is 11.5. The highest BCUT2D eigenvalue weighted by Crippen LogP contribution is 2.20. The van der Waals surface area contributed by atoms with Gasteiger partial charge in [-0.2, -0.15) is 0 Å². The van der Waals surface area contributed by atoms with Gasteiger partial charge in [0.15, 0.2) is 5.78 Å².